The second-order valence-electron chi connectivity index (χ2n) is 14.9. The number of aryl methyl sites for hydroxylation is 1. The number of aromatic nitrogens is 1. The Morgan fingerprint density at radius 1 is 1.02 bits per heavy atom. The molecule has 0 bridgehead atoms. The molecule has 11 nitrogen and oxygen atoms in total. The first kappa shape index (κ1) is 39.9. The molecule has 0 spiro atoms. The van der Waals surface area contributed by atoms with Gasteiger partial charge in [-0.25, -0.2) is 0 Å². The lowest BCUT2D eigenvalue weighted by Crippen LogP contribution is -2.63. The molecule has 1 fully saturated rings. The number of ether oxygens (including phenoxy) is 1. The van der Waals surface area contributed by atoms with E-state index < -0.39 is 54.4 Å². The number of nitrogens with zero attached hydrogens (tertiary/aromatic N) is 3. The Morgan fingerprint density at radius 3 is 2.51 bits per heavy atom. The van der Waals surface area contributed by atoms with Gasteiger partial charge in [0.15, 0.2) is 0 Å². The number of fused-ring (bicyclic) bond motifs is 1. The number of alkyl halides is 3. The molecule has 55 heavy (non-hydrogen) atoms. The van der Waals surface area contributed by atoms with Crippen LogP contribution in [0.4, 0.5) is 13.2 Å². The van der Waals surface area contributed by atoms with E-state index in [4.69, 9.17) is 9.15 Å². The molecule has 0 unspecified atom stereocenters. The van der Waals surface area contributed by atoms with Crippen LogP contribution in [0.15, 0.2) is 89.5 Å². The van der Waals surface area contributed by atoms with Gasteiger partial charge in [-0.2, -0.15) is 13.2 Å². The van der Waals surface area contributed by atoms with Crippen LogP contribution < -0.4 is 15.4 Å². The lowest BCUT2D eigenvalue weighted by Gasteiger charge is -2.47. The highest BCUT2D eigenvalue weighted by Crippen LogP contribution is 2.35. The average Bonchev–Trinajstić information content (AvgIpc) is 3.67. The lowest BCUT2D eigenvalue weighted by atomic mass is 9.90. The molecule has 4 heterocycles. The molecule has 4 N–H and O–H groups in total. The van der Waals surface area contributed by atoms with E-state index in [0.717, 1.165) is 16.8 Å². The number of hydrogen-bond acceptors (Lipinski definition) is 9. The maximum atomic E-state index is 14.0. The predicted octanol–water partition coefficient (Wildman–Crippen LogP) is 4.77. The molecule has 2 aliphatic heterocycles. The van der Waals surface area contributed by atoms with Crippen LogP contribution in [0.25, 0.3) is 11.3 Å². The van der Waals surface area contributed by atoms with Gasteiger partial charge in [-0.15, -0.1) is 0 Å². The van der Waals surface area contributed by atoms with Crippen LogP contribution >= 0.6 is 0 Å². The maximum absolute atomic E-state index is 14.0. The summed E-state index contributed by atoms with van der Waals surface area (Å²) in [5, 5.41) is 27.4. The minimum Gasteiger partial charge on any atom is -0.490 e. The van der Waals surface area contributed by atoms with Crippen molar-refractivity contribution in [2.75, 3.05) is 39.3 Å². The first-order chi connectivity index (χ1) is 26.2. The Hall–Kier alpha value is -4.76. The highest BCUT2D eigenvalue weighted by Gasteiger charge is 2.42. The molecular formula is C41H48F3N5O6. The van der Waals surface area contributed by atoms with E-state index in [0.29, 0.717) is 29.4 Å². The van der Waals surface area contributed by atoms with Crippen LogP contribution in [-0.2, 0) is 21.5 Å². The van der Waals surface area contributed by atoms with Gasteiger partial charge in [-0.3, -0.25) is 24.4 Å². The zero-order valence-corrected chi connectivity index (χ0v) is 31.1. The number of nitrogens with one attached hydrogen (secondary N) is 2. The van der Waals surface area contributed by atoms with E-state index in [-0.39, 0.29) is 45.0 Å². The highest BCUT2D eigenvalue weighted by atomic mass is 19.4. The van der Waals surface area contributed by atoms with E-state index in [1.807, 2.05) is 85.6 Å². The van der Waals surface area contributed by atoms with Crippen molar-refractivity contribution in [3.63, 3.8) is 0 Å². The molecule has 6 rings (SSSR count). The topological polar surface area (TPSA) is 140 Å². The van der Waals surface area contributed by atoms with Gasteiger partial charge in [0.2, 0.25) is 11.8 Å². The number of carbonyl (C=O) groups is 2. The fourth-order valence-corrected chi connectivity index (χ4v) is 7.43. The van der Waals surface area contributed by atoms with Gasteiger partial charge in [0.25, 0.3) is 0 Å². The number of pyridine rings is 1. The standard InChI is InChI=1S/C41H48F3N5O6/c1-26-19-28(15-16-45-26)34-13-14-36(55-34)40(2,3)49-18-17-48(32(23-49)39(53)46-25-41(42,43)44)22-30(50)21-29(20-27-9-5-4-6-10-27)38(52)47-37-31-11-7-8-12-35(31)54-24-33(37)51/h4-16,19,29-30,32-33,37,50-51H,17-18,20-25H2,1-3H3,(H,46,53)(H,47,52)/t29-,30+,32+,33-,37+/m1/s1. The Kier molecular flexibility index (Phi) is 12.3. The van der Waals surface area contributed by atoms with Gasteiger partial charge < -0.3 is 30.0 Å². The normalized spacial score (nSPS) is 20.5. The van der Waals surface area contributed by atoms with Crippen LogP contribution in [-0.4, -0.2) is 101 Å². The first-order valence-corrected chi connectivity index (χ1v) is 18.5. The van der Waals surface area contributed by atoms with Crippen LogP contribution in [0.5, 0.6) is 5.75 Å². The molecule has 1 saturated heterocycles. The van der Waals surface area contributed by atoms with Crippen LogP contribution in [0.3, 0.4) is 0 Å². The summed E-state index contributed by atoms with van der Waals surface area (Å²) in [7, 11) is 0. The number of piperazine rings is 1. The summed E-state index contributed by atoms with van der Waals surface area (Å²) >= 11 is 0. The first-order valence-electron chi connectivity index (χ1n) is 18.5. The van der Waals surface area contributed by atoms with E-state index in [1.165, 1.54) is 0 Å². The summed E-state index contributed by atoms with van der Waals surface area (Å²) in [6.07, 6.45) is -4.76. The van der Waals surface area contributed by atoms with E-state index in [2.05, 4.69) is 10.3 Å². The quantitative estimate of drug-likeness (QED) is 0.152. The average molecular weight is 764 g/mol. The van der Waals surface area contributed by atoms with Gasteiger partial charge in [0, 0.05) is 55.1 Å². The Balaban J connectivity index is 1.19. The second kappa shape index (κ2) is 16.9. The summed E-state index contributed by atoms with van der Waals surface area (Å²) in [5.41, 5.74) is 2.44. The zero-order chi connectivity index (χ0) is 39.3. The number of halogens is 3. The van der Waals surface area contributed by atoms with Gasteiger partial charge in [0.05, 0.1) is 17.7 Å². The van der Waals surface area contributed by atoms with E-state index in [1.54, 1.807) is 35.4 Å². The van der Waals surface area contributed by atoms with Gasteiger partial charge in [-0.05, 0) is 69.5 Å². The number of β-amino-alcohol motifs (C(OH)–C–C–N with tert-alkyl or cyclic N) is 1. The third kappa shape index (κ3) is 9.92. The summed E-state index contributed by atoms with van der Waals surface area (Å²) in [6.45, 7) is 4.93. The molecule has 2 aliphatic rings. The minimum absolute atomic E-state index is 0.0000335. The van der Waals surface area contributed by atoms with Crippen molar-refractivity contribution in [3.8, 4) is 17.1 Å². The van der Waals surface area contributed by atoms with Crippen LogP contribution in [0, 0.1) is 12.8 Å². The Morgan fingerprint density at radius 2 is 1.76 bits per heavy atom. The molecule has 0 radical (unpaired) electrons. The summed E-state index contributed by atoms with van der Waals surface area (Å²) in [5.74, 6) is -0.120. The molecular weight excluding hydrogens is 715 g/mol. The van der Waals surface area contributed by atoms with Gasteiger partial charge >= 0.3 is 6.18 Å². The molecule has 0 aliphatic carbocycles. The molecule has 294 valence electrons. The SMILES string of the molecule is Cc1cc(-c2ccc(C(C)(C)N3CCN(C[C@@H](O)C[C@@H](Cc4ccccc4)C(=O)N[C@H]4c5ccccc5OC[C@H]4O)[C@H](C(=O)NCC(F)(F)F)C3)o2)ccn1. The maximum Gasteiger partial charge on any atom is 0.405 e. The number of amides is 2. The molecule has 2 aromatic heterocycles. The second-order valence-corrected chi connectivity index (χ2v) is 14.9. The predicted molar refractivity (Wildman–Crippen MR) is 199 cm³/mol. The molecule has 5 atom stereocenters. The number of rotatable bonds is 13. The molecule has 2 aromatic carbocycles. The van der Waals surface area contributed by atoms with Crippen LogP contribution in [0.1, 0.15) is 48.9 Å². The number of carbonyl (C=O) groups excluding carboxylic acids is 2. The fourth-order valence-electron chi connectivity index (χ4n) is 7.43. The van der Waals surface area contributed by atoms with Gasteiger partial charge in [-0.1, -0.05) is 48.5 Å². The highest BCUT2D eigenvalue weighted by molar-refractivity contribution is 5.82. The largest absolute Gasteiger partial charge is 0.490 e. The number of para-hydroxylation sites is 1. The third-order valence-corrected chi connectivity index (χ3v) is 10.5. The van der Waals surface area contributed by atoms with Crippen molar-refractivity contribution in [1.82, 2.24) is 25.4 Å². The molecule has 4 aromatic rings. The minimum atomic E-state index is -4.61. The number of aliphatic hydroxyl groups excluding tert-OH is 2. The molecule has 2 amide bonds. The summed E-state index contributed by atoms with van der Waals surface area (Å²) in [6, 6.07) is 22.2. The summed E-state index contributed by atoms with van der Waals surface area (Å²) in [4.78, 5) is 35.4. The van der Waals surface area contributed by atoms with E-state index >= 15 is 0 Å². The number of hydrogen-bond donors (Lipinski definition) is 4. The van der Waals surface area contributed by atoms with Crippen molar-refractivity contribution in [3.05, 3.63) is 108 Å². The van der Waals surface area contributed by atoms with Crippen molar-refractivity contribution in [2.24, 2.45) is 5.92 Å². The monoisotopic (exact) mass is 763 g/mol. The molecule has 14 heteroatoms. The van der Waals surface area contributed by atoms with Gasteiger partial charge in [0.1, 0.15) is 42.6 Å². The zero-order valence-electron chi connectivity index (χ0n) is 31.1. The fraction of sp³-hybridized carbons (Fsp3) is 0.439. The Labute approximate surface area is 318 Å². The number of benzene rings is 2. The van der Waals surface area contributed by atoms with Crippen molar-refractivity contribution in [1.29, 1.82) is 0 Å². The summed E-state index contributed by atoms with van der Waals surface area (Å²) < 4.78 is 51.7. The number of furan rings is 1. The lowest BCUT2D eigenvalue weighted by molar-refractivity contribution is -0.144. The Bertz CT molecular complexity index is 1920. The van der Waals surface area contributed by atoms with Crippen LogP contribution in [0.2, 0.25) is 0 Å². The van der Waals surface area contributed by atoms with Crippen molar-refractivity contribution >= 4 is 11.8 Å². The number of aliphatic hydroxyl groups is 2. The molecule has 0 saturated carbocycles. The van der Waals surface area contributed by atoms with Crippen molar-refractivity contribution in [2.45, 2.75) is 69.6 Å². The van der Waals surface area contributed by atoms with Crippen molar-refractivity contribution < 1.29 is 42.1 Å². The smallest absolute Gasteiger partial charge is 0.405 e. The van der Waals surface area contributed by atoms with E-state index in [9.17, 15) is 33.0 Å². The third-order valence-electron chi connectivity index (χ3n) is 10.5.